The van der Waals surface area contributed by atoms with Crippen molar-refractivity contribution < 1.29 is 19.1 Å². The highest BCUT2D eigenvalue weighted by Gasteiger charge is 2.34. The lowest BCUT2D eigenvalue weighted by Gasteiger charge is -2.11. The SMILES string of the molecule is C=CCOc1ccccc1/C=C1\SC(=O)N(CCOC)C1=O. The van der Waals surface area contributed by atoms with Gasteiger partial charge in [-0.15, -0.1) is 0 Å². The smallest absolute Gasteiger partial charge is 0.293 e. The maximum atomic E-state index is 12.3. The fraction of sp³-hybridized carbons (Fsp3) is 0.250. The van der Waals surface area contributed by atoms with E-state index in [4.69, 9.17) is 9.47 Å². The van der Waals surface area contributed by atoms with E-state index in [1.807, 2.05) is 24.3 Å². The van der Waals surface area contributed by atoms with Crippen LogP contribution in [0.25, 0.3) is 6.08 Å². The normalized spacial score (nSPS) is 16.4. The standard InChI is InChI=1S/C16H17NO4S/c1-3-9-21-13-7-5-4-6-12(13)11-14-15(18)17(8-10-20-2)16(19)22-14/h3-7,11H,1,8-10H2,2H3/b14-11-. The molecule has 1 aromatic rings. The van der Waals surface area contributed by atoms with Gasteiger partial charge in [0, 0.05) is 12.7 Å². The average Bonchev–Trinajstić information content (AvgIpc) is 2.78. The highest BCUT2D eigenvalue weighted by molar-refractivity contribution is 8.18. The molecule has 0 unspecified atom stereocenters. The van der Waals surface area contributed by atoms with E-state index in [1.54, 1.807) is 12.2 Å². The van der Waals surface area contributed by atoms with Crippen LogP contribution in [0.5, 0.6) is 5.75 Å². The van der Waals surface area contributed by atoms with Gasteiger partial charge in [-0.2, -0.15) is 0 Å². The van der Waals surface area contributed by atoms with E-state index in [0.717, 1.165) is 17.3 Å². The topological polar surface area (TPSA) is 55.8 Å². The second-order valence-electron chi connectivity index (χ2n) is 4.46. The van der Waals surface area contributed by atoms with Crippen LogP contribution in [0.15, 0.2) is 41.8 Å². The van der Waals surface area contributed by atoms with E-state index in [2.05, 4.69) is 6.58 Å². The van der Waals surface area contributed by atoms with E-state index >= 15 is 0 Å². The third-order valence-corrected chi connectivity index (χ3v) is 3.86. The second kappa shape index (κ2) is 7.82. The van der Waals surface area contributed by atoms with Gasteiger partial charge in [-0.3, -0.25) is 14.5 Å². The van der Waals surface area contributed by atoms with Gasteiger partial charge in [0.05, 0.1) is 18.1 Å². The number of imide groups is 1. The van der Waals surface area contributed by atoms with Crippen LogP contribution in [-0.4, -0.2) is 42.9 Å². The van der Waals surface area contributed by atoms with Crippen molar-refractivity contribution in [3.05, 3.63) is 47.4 Å². The summed E-state index contributed by atoms with van der Waals surface area (Å²) in [6.45, 7) is 4.56. The molecule has 0 bridgehead atoms. The number of carbonyl (C=O) groups is 2. The Hall–Kier alpha value is -2.05. The lowest BCUT2D eigenvalue weighted by molar-refractivity contribution is -0.123. The van der Waals surface area contributed by atoms with E-state index in [1.165, 1.54) is 12.0 Å². The summed E-state index contributed by atoms with van der Waals surface area (Å²) in [7, 11) is 1.53. The minimum atomic E-state index is -0.300. The molecule has 1 fully saturated rings. The highest BCUT2D eigenvalue weighted by Crippen LogP contribution is 2.33. The van der Waals surface area contributed by atoms with Gasteiger partial charge in [0.1, 0.15) is 12.4 Å². The van der Waals surface area contributed by atoms with Crippen LogP contribution in [0.4, 0.5) is 4.79 Å². The Bertz CT molecular complexity index is 612. The van der Waals surface area contributed by atoms with Crippen molar-refractivity contribution in [1.82, 2.24) is 4.90 Å². The number of rotatable bonds is 7. The van der Waals surface area contributed by atoms with Crippen molar-refractivity contribution in [3.8, 4) is 5.75 Å². The molecule has 5 nitrogen and oxygen atoms in total. The predicted octanol–water partition coefficient (Wildman–Crippen LogP) is 2.93. The van der Waals surface area contributed by atoms with Crippen molar-refractivity contribution >= 4 is 29.0 Å². The number of amides is 2. The van der Waals surface area contributed by atoms with Gasteiger partial charge < -0.3 is 9.47 Å². The molecule has 0 spiro atoms. The third-order valence-electron chi connectivity index (χ3n) is 2.95. The summed E-state index contributed by atoms with van der Waals surface area (Å²) in [4.78, 5) is 25.7. The molecule has 1 saturated heterocycles. The second-order valence-corrected chi connectivity index (χ2v) is 5.46. The Morgan fingerprint density at radius 3 is 2.82 bits per heavy atom. The first kappa shape index (κ1) is 16.3. The van der Waals surface area contributed by atoms with Crippen molar-refractivity contribution in [2.75, 3.05) is 26.9 Å². The Labute approximate surface area is 133 Å². The monoisotopic (exact) mass is 319 g/mol. The van der Waals surface area contributed by atoms with E-state index < -0.39 is 0 Å². The van der Waals surface area contributed by atoms with Gasteiger partial charge in [-0.05, 0) is 23.9 Å². The van der Waals surface area contributed by atoms with Gasteiger partial charge in [0.2, 0.25) is 0 Å². The molecule has 116 valence electrons. The van der Waals surface area contributed by atoms with Gasteiger partial charge >= 0.3 is 0 Å². The summed E-state index contributed by atoms with van der Waals surface area (Å²) < 4.78 is 10.5. The molecule has 1 aromatic carbocycles. The van der Waals surface area contributed by atoms with Crippen molar-refractivity contribution in [2.24, 2.45) is 0 Å². The zero-order valence-corrected chi connectivity index (χ0v) is 13.1. The molecule has 0 atom stereocenters. The van der Waals surface area contributed by atoms with Gasteiger partial charge in [0.25, 0.3) is 11.1 Å². The quantitative estimate of drug-likeness (QED) is 0.571. The summed E-state index contributed by atoms with van der Waals surface area (Å²) in [5, 5.41) is -0.280. The zero-order valence-electron chi connectivity index (χ0n) is 12.3. The van der Waals surface area contributed by atoms with Crippen LogP contribution in [0.1, 0.15) is 5.56 Å². The first-order valence-corrected chi connectivity index (χ1v) is 7.56. The molecule has 1 heterocycles. The highest BCUT2D eigenvalue weighted by atomic mass is 32.2. The number of methoxy groups -OCH3 is 1. The van der Waals surface area contributed by atoms with Crippen molar-refractivity contribution in [2.45, 2.75) is 0 Å². The molecule has 0 radical (unpaired) electrons. The van der Waals surface area contributed by atoms with Crippen molar-refractivity contribution in [3.63, 3.8) is 0 Å². The lowest BCUT2D eigenvalue weighted by Crippen LogP contribution is -2.31. The largest absolute Gasteiger partial charge is 0.489 e. The molecule has 0 N–H and O–H groups in total. The predicted molar refractivity (Wildman–Crippen MR) is 86.7 cm³/mol. The first-order chi connectivity index (χ1) is 10.7. The molecule has 1 aliphatic rings. The number of hydrogen-bond acceptors (Lipinski definition) is 5. The number of ether oxygens (including phenoxy) is 2. The lowest BCUT2D eigenvalue weighted by atomic mass is 10.2. The van der Waals surface area contributed by atoms with Crippen LogP contribution >= 0.6 is 11.8 Å². The summed E-state index contributed by atoms with van der Waals surface area (Å²) in [6.07, 6.45) is 3.32. The minimum Gasteiger partial charge on any atom is -0.489 e. The maximum Gasteiger partial charge on any atom is 0.293 e. The number of hydrogen-bond donors (Lipinski definition) is 0. The Kier molecular flexibility index (Phi) is 5.80. The zero-order chi connectivity index (χ0) is 15.9. The Morgan fingerprint density at radius 2 is 2.09 bits per heavy atom. The molecule has 2 rings (SSSR count). The van der Waals surface area contributed by atoms with Crippen LogP contribution in [0.2, 0.25) is 0 Å². The molecule has 1 aliphatic heterocycles. The van der Waals surface area contributed by atoms with Crippen LogP contribution in [0.3, 0.4) is 0 Å². The van der Waals surface area contributed by atoms with E-state index in [0.29, 0.717) is 23.9 Å². The van der Waals surface area contributed by atoms with E-state index in [9.17, 15) is 9.59 Å². The molecule has 0 saturated carbocycles. The summed E-state index contributed by atoms with van der Waals surface area (Å²) in [5.74, 6) is 0.344. The summed E-state index contributed by atoms with van der Waals surface area (Å²) >= 11 is 0.927. The number of thioether (sulfide) groups is 1. The molecule has 2 amide bonds. The average molecular weight is 319 g/mol. The number of benzene rings is 1. The Balaban J connectivity index is 2.21. The summed E-state index contributed by atoms with van der Waals surface area (Å²) in [5.41, 5.74) is 0.751. The first-order valence-electron chi connectivity index (χ1n) is 6.74. The molecular weight excluding hydrogens is 302 g/mol. The molecule has 0 aliphatic carbocycles. The molecule has 6 heteroatoms. The summed E-state index contributed by atoms with van der Waals surface area (Å²) in [6, 6.07) is 7.34. The van der Waals surface area contributed by atoms with E-state index in [-0.39, 0.29) is 17.7 Å². The number of nitrogens with zero attached hydrogens (tertiary/aromatic N) is 1. The van der Waals surface area contributed by atoms with Gasteiger partial charge in [-0.1, -0.05) is 30.9 Å². The van der Waals surface area contributed by atoms with Crippen molar-refractivity contribution in [1.29, 1.82) is 0 Å². The minimum absolute atomic E-state index is 0.257. The number of carbonyl (C=O) groups excluding carboxylic acids is 2. The molecule has 0 aromatic heterocycles. The Morgan fingerprint density at radius 1 is 1.32 bits per heavy atom. The fourth-order valence-electron chi connectivity index (χ4n) is 1.90. The van der Waals surface area contributed by atoms with Crippen LogP contribution in [0, 0.1) is 0 Å². The molecule has 22 heavy (non-hydrogen) atoms. The molecular formula is C16H17NO4S. The van der Waals surface area contributed by atoms with Crippen LogP contribution in [-0.2, 0) is 9.53 Å². The fourth-order valence-corrected chi connectivity index (χ4v) is 2.75. The van der Waals surface area contributed by atoms with Gasteiger partial charge in [-0.25, -0.2) is 0 Å². The van der Waals surface area contributed by atoms with Crippen LogP contribution < -0.4 is 4.74 Å². The maximum absolute atomic E-state index is 12.3. The number of para-hydroxylation sites is 1. The van der Waals surface area contributed by atoms with Gasteiger partial charge in [0.15, 0.2) is 0 Å². The third kappa shape index (κ3) is 3.78.